The Morgan fingerprint density at radius 1 is 1.39 bits per heavy atom. The lowest BCUT2D eigenvalue weighted by Crippen LogP contribution is -2.01. The summed E-state index contributed by atoms with van der Waals surface area (Å²) in [4.78, 5) is 0. The Hall–Kier alpha value is -1.88. The molecule has 1 aliphatic carbocycles. The van der Waals surface area contributed by atoms with Crippen molar-refractivity contribution in [3.05, 3.63) is 30.3 Å². The number of hydrogen-bond acceptors (Lipinski definition) is 2. The molecule has 1 fully saturated rings. The van der Waals surface area contributed by atoms with Gasteiger partial charge < -0.3 is 9.47 Å². The Balaban J connectivity index is 2.18. The van der Waals surface area contributed by atoms with Crippen LogP contribution in [-0.2, 0) is 0 Å². The molecule has 0 atom stereocenters. The van der Waals surface area contributed by atoms with Crippen LogP contribution >= 0.6 is 0 Å². The van der Waals surface area contributed by atoms with Crippen LogP contribution in [0.4, 0.5) is 0 Å². The maximum absolute atomic E-state index is 5.81. The lowest BCUT2D eigenvalue weighted by atomic mass is 10.1. The molecule has 0 N–H and O–H groups in total. The van der Waals surface area contributed by atoms with E-state index in [2.05, 4.69) is 18.4 Å². The van der Waals surface area contributed by atoms with E-state index in [9.17, 15) is 0 Å². The van der Waals surface area contributed by atoms with Crippen LogP contribution in [-0.4, -0.2) is 13.7 Å². The zero-order chi connectivity index (χ0) is 13.0. The lowest BCUT2D eigenvalue weighted by Gasteiger charge is -2.11. The van der Waals surface area contributed by atoms with Gasteiger partial charge in [0, 0.05) is 5.57 Å². The van der Waals surface area contributed by atoms with Gasteiger partial charge in [-0.1, -0.05) is 12.5 Å². The molecule has 0 unspecified atom stereocenters. The fourth-order valence-electron chi connectivity index (χ4n) is 1.69. The Morgan fingerprint density at radius 3 is 2.78 bits per heavy atom. The SMILES string of the molecule is C=C(C#CC)c1ccc(OC)c(OCC2CC2)c1. The second kappa shape index (κ2) is 5.64. The van der Waals surface area contributed by atoms with Gasteiger partial charge in [-0.25, -0.2) is 0 Å². The van der Waals surface area contributed by atoms with E-state index in [1.807, 2.05) is 18.2 Å². The molecule has 0 radical (unpaired) electrons. The highest BCUT2D eigenvalue weighted by atomic mass is 16.5. The molecule has 1 aliphatic rings. The van der Waals surface area contributed by atoms with E-state index in [-0.39, 0.29) is 0 Å². The van der Waals surface area contributed by atoms with E-state index in [0.717, 1.165) is 35.2 Å². The second-order valence-corrected chi connectivity index (χ2v) is 4.47. The molecular weight excluding hydrogens is 224 g/mol. The van der Waals surface area contributed by atoms with Gasteiger partial charge >= 0.3 is 0 Å². The van der Waals surface area contributed by atoms with Gasteiger partial charge in [0.05, 0.1) is 13.7 Å². The summed E-state index contributed by atoms with van der Waals surface area (Å²) in [5.41, 5.74) is 1.78. The van der Waals surface area contributed by atoms with E-state index >= 15 is 0 Å². The van der Waals surface area contributed by atoms with Crippen LogP contribution in [0.15, 0.2) is 24.8 Å². The quantitative estimate of drug-likeness (QED) is 0.735. The van der Waals surface area contributed by atoms with Crippen LogP contribution in [0, 0.1) is 17.8 Å². The summed E-state index contributed by atoms with van der Waals surface area (Å²) < 4.78 is 11.1. The Kier molecular flexibility index (Phi) is 3.94. The van der Waals surface area contributed by atoms with Crippen molar-refractivity contribution in [2.75, 3.05) is 13.7 Å². The monoisotopic (exact) mass is 242 g/mol. The third kappa shape index (κ3) is 3.07. The lowest BCUT2D eigenvalue weighted by molar-refractivity contribution is 0.280. The maximum Gasteiger partial charge on any atom is 0.161 e. The first-order valence-electron chi connectivity index (χ1n) is 6.17. The molecule has 0 bridgehead atoms. The standard InChI is InChI=1S/C16H18O2/c1-4-5-12(2)14-8-9-15(17-3)16(10-14)18-11-13-6-7-13/h8-10,13H,2,6-7,11H2,1,3H3. The summed E-state index contributed by atoms with van der Waals surface area (Å²) in [6.07, 6.45) is 2.55. The first-order valence-corrected chi connectivity index (χ1v) is 6.17. The van der Waals surface area contributed by atoms with Gasteiger partial charge in [-0.15, -0.1) is 5.92 Å². The van der Waals surface area contributed by atoms with Crippen molar-refractivity contribution in [1.82, 2.24) is 0 Å². The van der Waals surface area contributed by atoms with Gasteiger partial charge in [0.2, 0.25) is 0 Å². The Bertz CT molecular complexity index is 502. The molecular formula is C16H18O2. The third-order valence-corrected chi connectivity index (χ3v) is 2.96. The summed E-state index contributed by atoms with van der Waals surface area (Å²) in [6, 6.07) is 5.81. The van der Waals surface area contributed by atoms with Gasteiger partial charge in [0.15, 0.2) is 11.5 Å². The summed E-state index contributed by atoms with van der Waals surface area (Å²) in [7, 11) is 1.65. The predicted molar refractivity (Wildman–Crippen MR) is 73.7 cm³/mol. The molecule has 0 heterocycles. The van der Waals surface area contributed by atoms with E-state index in [1.165, 1.54) is 12.8 Å². The van der Waals surface area contributed by atoms with E-state index in [1.54, 1.807) is 14.0 Å². The van der Waals surface area contributed by atoms with E-state index in [0.29, 0.717) is 0 Å². The zero-order valence-corrected chi connectivity index (χ0v) is 11.0. The van der Waals surface area contributed by atoms with Gasteiger partial charge in [0.25, 0.3) is 0 Å². The highest BCUT2D eigenvalue weighted by Crippen LogP contribution is 2.34. The Labute approximate surface area is 109 Å². The molecule has 2 heteroatoms. The summed E-state index contributed by atoms with van der Waals surface area (Å²) >= 11 is 0. The highest BCUT2D eigenvalue weighted by molar-refractivity contribution is 5.78. The number of allylic oxidation sites excluding steroid dienone is 1. The molecule has 18 heavy (non-hydrogen) atoms. The highest BCUT2D eigenvalue weighted by Gasteiger charge is 2.22. The Morgan fingerprint density at radius 2 is 2.17 bits per heavy atom. The summed E-state index contributed by atoms with van der Waals surface area (Å²) in [6.45, 7) is 6.52. The normalized spacial score (nSPS) is 13.4. The number of rotatable bonds is 5. The number of methoxy groups -OCH3 is 1. The average molecular weight is 242 g/mol. The van der Waals surface area contributed by atoms with Crippen molar-refractivity contribution in [3.8, 4) is 23.3 Å². The maximum atomic E-state index is 5.81. The minimum absolute atomic E-state index is 0.719. The number of ether oxygens (including phenoxy) is 2. The van der Waals surface area contributed by atoms with Crippen molar-refractivity contribution in [1.29, 1.82) is 0 Å². The van der Waals surface area contributed by atoms with Crippen LogP contribution in [0.5, 0.6) is 11.5 Å². The van der Waals surface area contributed by atoms with E-state index in [4.69, 9.17) is 9.47 Å². The predicted octanol–water partition coefficient (Wildman–Crippen LogP) is 3.52. The van der Waals surface area contributed by atoms with Crippen molar-refractivity contribution >= 4 is 5.57 Å². The fraction of sp³-hybridized carbons (Fsp3) is 0.375. The molecule has 1 saturated carbocycles. The van der Waals surface area contributed by atoms with Crippen LogP contribution in [0.3, 0.4) is 0 Å². The molecule has 0 saturated heterocycles. The topological polar surface area (TPSA) is 18.5 Å². The van der Waals surface area contributed by atoms with Gasteiger partial charge in [-0.05, 0) is 49.4 Å². The van der Waals surface area contributed by atoms with Gasteiger partial charge in [-0.2, -0.15) is 0 Å². The minimum Gasteiger partial charge on any atom is -0.493 e. The smallest absolute Gasteiger partial charge is 0.161 e. The van der Waals surface area contributed by atoms with E-state index < -0.39 is 0 Å². The zero-order valence-electron chi connectivity index (χ0n) is 11.0. The van der Waals surface area contributed by atoms with Crippen molar-refractivity contribution < 1.29 is 9.47 Å². The van der Waals surface area contributed by atoms with Crippen LogP contribution in [0.1, 0.15) is 25.3 Å². The number of benzene rings is 1. The summed E-state index contributed by atoms with van der Waals surface area (Å²) in [5.74, 6) is 8.07. The molecule has 2 nitrogen and oxygen atoms in total. The van der Waals surface area contributed by atoms with Crippen molar-refractivity contribution in [3.63, 3.8) is 0 Å². The summed E-state index contributed by atoms with van der Waals surface area (Å²) in [5, 5.41) is 0. The van der Waals surface area contributed by atoms with Crippen LogP contribution in [0.25, 0.3) is 5.57 Å². The molecule has 0 aliphatic heterocycles. The first-order chi connectivity index (χ1) is 8.74. The first kappa shape index (κ1) is 12.6. The van der Waals surface area contributed by atoms with Crippen LogP contribution < -0.4 is 9.47 Å². The third-order valence-electron chi connectivity index (χ3n) is 2.96. The van der Waals surface area contributed by atoms with Gasteiger partial charge in [-0.3, -0.25) is 0 Å². The second-order valence-electron chi connectivity index (χ2n) is 4.47. The molecule has 1 aromatic carbocycles. The fourth-order valence-corrected chi connectivity index (χ4v) is 1.69. The van der Waals surface area contributed by atoms with Crippen molar-refractivity contribution in [2.45, 2.75) is 19.8 Å². The number of hydrogen-bond donors (Lipinski definition) is 0. The average Bonchev–Trinajstić information content (AvgIpc) is 3.20. The molecule has 0 spiro atoms. The van der Waals surface area contributed by atoms with Gasteiger partial charge in [0.1, 0.15) is 0 Å². The van der Waals surface area contributed by atoms with Crippen LogP contribution in [0.2, 0.25) is 0 Å². The molecule has 0 amide bonds. The molecule has 1 aromatic rings. The largest absolute Gasteiger partial charge is 0.493 e. The van der Waals surface area contributed by atoms with Crippen molar-refractivity contribution in [2.24, 2.45) is 5.92 Å². The minimum atomic E-state index is 0.719. The molecule has 94 valence electrons. The molecule has 0 aromatic heterocycles. The molecule has 2 rings (SSSR count).